The highest BCUT2D eigenvalue weighted by Crippen LogP contribution is 2.29. The minimum Gasteiger partial charge on any atom is -0.348 e. The molecule has 1 unspecified atom stereocenters. The van der Waals surface area contributed by atoms with Gasteiger partial charge in [0.1, 0.15) is 0 Å². The van der Waals surface area contributed by atoms with Crippen molar-refractivity contribution in [3.8, 4) is 0 Å². The van der Waals surface area contributed by atoms with Gasteiger partial charge in [0.15, 0.2) is 5.25 Å². The molecule has 0 heterocycles. The van der Waals surface area contributed by atoms with Crippen LogP contribution < -0.4 is 10.5 Å². The van der Waals surface area contributed by atoms with Gasteiger partial charge in [-0.15, -0.1) is 0 Å². The van der Waals surface area contributed by atoms with Crippen LogP contribution in [0, 0.1) is 0 Å². The number of carbonyl (C=O) groups excluding carboxylic acids is 1. The van der Waals surface area contributed by atoms with Gasteiger partial charge in [-0.2, -0.15) is 0 Å². The first kappa shape index (κ1) is 15.4. The molecular formula is C11H23N3O3S. The van der Waals surface area contributed by atoms with E-state index in [-0.39, 0.29) is 6.54 Å². The van der Waals surface area contributed by atoms with Crippen LogP contribution in [0.5, 0.6) is 0 Å². The molecule has 0 aromatic rings. The molecule has 0 radical (unpaired) electrons. The molecule has 6 nitrogen and oxygen atoms in total. The Kier molecular flexibility index (Phi) is 4.74. The van der Waals surface area contributed by atoms with E-state index >= 15 is 0 Å². The van der Waals surface area contributed by atoms with E-state index in [0.717, 1.165) is 25.7 Å². The molecule has 0 aliphatic heterocycles. The Hall–Kier alpha value is -0.660. The van der Waals surface area contributed by atoms with E-state index < -0.39 is 26.7 Å². The van der Waals surface area contributed by atoms with Crippen LogP contribution in [0.2, 0.25) is 0 Å². The number of rotatable bonds is 5. The molecule has 1 atom stereocenters. The molecule has 0 aromatic carbocycles. The smallest absolute Gasteiger partial charge is 0.241 e. The van der Waals surface area contributed by atoms with Crippen molar-refractivity contribution in [1.29, 1.82) is 0 Å². The first-order valence-electron chi connectivity index (χ1n) is 6.18. The summed E-state index contributed by atoms with van der Waals surface area (Å²) in [5, 5.41) is -1.09. The maximum Gasteiger partial charge on any atom is 0.241 e. The molecule has 1 saturated carbocycles. The largest absolute Gasteiger partial charge is 0.348 e. The number of hydrogen-bond donors (Lipinski definition) is 2. The number of nitrogens with one attached hydrogen (secondary N) is 1. The fourth-order valence-electron chi connectivity index (χ4n) is 2.29. The third-order valence-electron chi connectivity index (χ3n) is 3.56. The highest BCUT2D eigenvalue weighted by Gasteiger charge is 2.40. The molecule has 0 saturated heterocycles. The normalized spacial score (nSPS) is 20.7. The Bertz CT molecular complexity index is 400. The number of hydrogen-bond acceptors (Lipinski definition) is 4. The highest BCUT2D eigenvalue weighted by molar-refractivity contribution is 7.90. The van der Waals surface area contributed by atoms with Crippen molar-refractivity contribution < 1.29 is 13.2 Å². The van der Waals surface area contributed by atoms with Crippen LogP contribution in [0.4, 0.5) is 0 Å². The summed E-state index contributed by atoms with van der Waals surface area (Å²) in [6.45, 7) is 1.68. The van der Waals surface area contributed by atoms with Gasteiger partial charge in [0.25, 0.3) is 0 Å². The fraction of sp³-hybridized carbons (Fsp3) is 0.909. The second-order valence-electron chi connectivity index (χ2n) is 5.21. The average Bonchev–Trinajstić information content (AvgIpc) is 2.75. The van der Waals surface area contributed by atoms with Gasteiger partial charge in [-0.1, -0.05) is 12.8 Å². The summed E-state index contributed by atoms with van der Waals surface area (Å²) in [7, 11) is -0.591. The van der Waals surface area contributed by atoms with Gasteiger partial charge in [0.2, 0.25) is 15.9 Å². The first-order chi connectivity index (χ1) is 8.24. The summed E-state index contributed by atoms with van der Waals surface area (Å²) < 4.78 is 27.0. The predicted octanol–water partition coefficient (Wildman–Crippen LogP) is -0.346. The van der Waals surface area contributed by atoms with Crippen molar-refractivity contribution in [1.82, 2.24) is 9.62 Å². The van der Waals surface area contributed by atoms with Crippen LogP contribution >= 0.6 is 0 Å². The summed E-state index contributed by atoms with van der Waals surface area (Å²) >= 11 is 0. The zero-order valence-electron chi connectivity index (χ0n) is 11.3. The third kappa shape index (κ3) is 3.21. The Balaban J connectivity index is 2.84. The predicted molar refractivity (Wildman–Crippen MR) is 70.5 cm³/mol. The van der Waals surface area contributed by atoms with Crippen molar-refractivity contribution in [3.63, 3.8) is 0 Å². The van der Waals surface area contributed by atoms with Gasteiger partial charge in [-0.25, -0.2) is 13.1 Å². The second-order valence-corrected chi connectivity index (χ2v) is 7.21. The van der Waals surface area contributed by atoms with Crippen molar-refractivity contribution in [2.75, 3.05) is 20.6 Å². The average molecular weight is 277 g/mol. The minimum absolute atomic E-state index is 0.273. The SMILES string of the molecule is CC(C(=O)N(C)C)S(=O)(=O)NC1(CN)CCCC1. The molecule has 18 heavy (non-hydrogen) atoms. The Morgan fingerprint density at radius 1 is 1.39 bits per heavy atom. The molecule has 106 valence electrons. The lowest BCUT2D eigenvalue weighted by molar-refractivity contribution is -0.127. The van der Waals surface area contributed by atoms with E-state index in [1.165, 1.54) is 11.8 Å². The zero-order valence-corrected chi connectivity index (χ0v) is 12.1. The van der Waals surface area contributed by atoms with E-state index in [1.807, 2.05) is 0 Å². The summed E-state index contributed by atoms with van der Waals surface area (Å²) in [6, 6.07) is 0. The monoisotopic (exact) mass is 277 g/mol. The Morgan fingerprint density at radius 3 is 2.28 bits per heavy atom. The number of amides is 1. The maximum absolute atomic E-state index is 12.2. The summed E-state index contributed by atoms with van der Waals surface area (Å²) in [5.74, 6) is -0.423. The fourth-order valence-corrected chi connectivity index (χ4v) is 3.83. The molecule has 0 aromatic heterocycles. The first-order valence-corrected chi connectivity index (χ1v) is 7.73. The van der Waals surface area contributed by atoms with Crippen molar-refractivity contribution in [3.05, 3.63) is 0 Å². The lowest BCUT2D eigenvalue weighted by atomic mass is 10.0. The number of nitrogens with zero attached hydrogens (tertiary/aromatic N) is 1. The molecular weight excluding hydrogens is 254 g/mol. The summed E-state index contributed by atoms with van der Waals surface area (Å²) in [4.78, 5) is 13.0. The Labute approximate surface area is 109 Å². The van der Waals surface area contributed by atoms with E-state index in [9.17, 15) is 13.2 Å². The van der Waals surface area contributed by atoms with E-state index in [4.69, 9.17) is 5.73 Å². The van der Waals surface area contributed by atoms with E-state index in [1.54, 1.807) is 14.1 Å². The molecule has 1 fully saturated rings. The summed E-state index contributed by atoms with van der Waals surface area (Å²) in [5.41, 5.74) is 5.13. The summed E-state index contributed by atoms with van der Waals surface area (Å²) in [6.07, 6.45) is 3.42. The molecule has 1 rings (SSSR count). The van der Waals surface area contributed by atoms with Gasteiger partial charge in [0, 0.05) is 26.2 Å². The molecule has 1 amide bonds. The lowest BCUT2D eigenvalue weighted by Gasteiger charge is -2.30. The molecule has 1 aliphatic carbocycles. The Morgan fingerprint density at radius 2 is 1.89 bits per heavy atom. The van der Waals surface area contributed by atoms with Crippen LogP contribution in [-0.4, -0.2) is 50.7 Å². The zero-order chi connectivity index (χ0) is 14.0. The third-order valence-corrected chi connectivity index (χ3v) is 5.41. The quantitative estimate of drug-likeness (QED) is 0.718. The van der Waals surface area contributed by atoms with Crippen LogP contribution in [0.15, 0.2) is 0 Å². The van der Waals surface area contributed by atoms with Gasteiger partial charge in [0.05, 0.1) is 0 Å². The topological polar surface area (TPSA) is 92.5 Å². The second kappa shape index (κ2) is 5.54. The van der Waals surface area contributed by atoms with Crippen LogP contribution in [-0.2, 0) is 14.8 Å². The van der Waals surface area contributed by atoms with Gasteiger partial charge >= 0.3 is 0 Å². The van der Waals surface area contributed by atoms with Gasteiger partial charge < -0.3 is 10.6 Å². The van der Waals surface area contributed by atoms with Crippen molar-refractivity contribution >= 4 is 15.9 Å². The number of sulfonamides is 1. The van der Waals surface area contributed by atoms with E-state index in [2.05, 4.69) is 4.72 Å². The van der Waals surface area contributed by atoms with Crippen molar-refractivity contribution in [2.24, 2.45) is 5.73 Å². The molecule has 7 heteroatoms. The highest BCUT2D eigenvalue weighted by atomic mass is 32.2. The van der Waals surface area contributed by atoms with Crippen molar-refractivity contribution in [2.45, 2.75) is 43.4 Å². The minimum atomic E-state index is -3.68. The van der Waals surface area contributed by atoms with Crippen LogP contribution in [0.3, 0.4) is 0 Å². The number of carbonyl (C=O) groups is 1. The van der Waals surface area contributed by atoms with Crippen LogP contribution in [0.1, 0.15) is 32.6 Å². The molecule has 1 aliphatic rings. The molecule has 3 N–H and O–H groups in total. The lowest BCUT2D eigenvalue weighted by Crippen LogP contribution is -2.55. The maximum atomic E-state index is 12.2. The molecule has 0 spiro atoms. The standard InChI is InChI=1S/C11H23N3O3S/c1-9(10(15)14(2)3)18(16,17)13-11(8-12)6-4-5-7-11/h9,13H,4-8,12H2,1-3H3. The van der Waals surface area contributed by atoms with Gasteiger partial charge in [-0.05, 0) is 19.8 Å². The molecule has 0 bridgehead atoms. The van der Waals surface area contributed by atoms with Crippen LogP contribution in [0.25, 0.3) is 0 Å². The van der Waals surface area contributed by atoms with E-state index in [0.29, 0.717) is 0 Å². The number of nitrogens with two attached hydrogens (primary N) is 1. The van der Waals surface area contributed by atoms with Gasteiger partial charge in [-0.3, -0.25) is 4.79 Å².